The molecule has 42 heavy (non-hydrogen) atoms. The smallest absolute Gasteiger partial charge is 0.320 e. The standard InChI is InChI=1S/C21H25ClO6.C5H9NO2.C3H7NO2/c1-2-27-15-6-3-12(4-7-15)9-14-10-13(5-8-16(14)22)21-20(26)19(25)18(24)17(11-23)28-21;7-5(8)4-2-1-3-6-4;1-2(4)3(5)6/h3-8,10,17-21,23-26H,2,9,11H2,1H3;4,6H,1-3H2,(H,7,8);2H,4H2,1H3,(H,5,6)/t17-,18-,19+,20-,21+;4-;2-/m100/s1. The fraction of sp³-hybridized carbons (Fsp3) is 0.517. The van der Waals surface area contributed by atoms with Crippen LogP contribution in [0.3, 0.4) is 0 Å². The van der Waals surface area contributed by atoms with Gasteiger partial charge in [0.25, 0.3) is 0 Å². The van der Waals surface area contributed by atoms with Crippen LogP contribution in [0, 0.1) is 0 Å². The van der Waals surface area contributed by atoms with E-state index in [0.717, 1.165) is 36.3 Å². The van der Waals surface area contributed by atoms with Gasteiger partial charge in [0.1, 0.15) is 48.4 Å². The van der Waals surface area contributed by atoms with Gasteiger partial charge in [0.05, 0.1) is 13.2 Å². The van der Waals surface area contributed by atoms with Gasteiger partial charge in [-0.15, -0.1) is 0 Å². The highest BCUT2D eigenvalue weighted by Gasteiger charge is 2.44. The van der Waals surface area contributed by atoms with Gasteiger partial charge in [-0.2, -0.15) is 0 Å². The Balaban J connectivity index is 0.000000361. The third-order valence-corrected chi connectivity index (χ3v) is 7.04. The van der Waals surface area contributed by atoms with E-state index in [1.165, 1.54) is 6.92 Å². The molecule has 2 aliphatic rings. The van der Waals surface area contributed by atoms with Gasteiger partial charge in [0.2, 0.25) is 0 Å². The first kappa shape index (κ1) is 35.4. The average molecular weight is 613 g/mol. The second-order valence-electron chi connectivity index (χ2n) is 9.97. The normalized spacial score (nSPS) is 25.7. The van der Waals surface area contributed by atoms with Crippen molar-refractivity contribution in [2.45, 2.75) is 75.7 Å². The van der Waals surface area contributed by atoms with Gasteiger partial charge in [0, 0.05) is 5.02 Å². The lowest BCUT2D eigenvalue weighted by Gasteiger charge is -2.40. The summed E-state index contributed by atoms with van der Waals surface area (Å²) in [6, 6.07) is 11.9. The number of halogens is 1. The van der Waals surface area contributed by atoms with Crippen molar-refractivity contribution in [2.24, 2.45) is 5.73 Å². The molecule has 0 bridgehead atoms. The van der Waals surface area contributed by atoms with E-state index in [-0.39, 0.29) is 6.04 Å². The van der Waals surface area contributed by atoms with Crippen LogP contribution < -0.4 is 15.8 Å². The van der Waals surface area contributed by atoms with Crippen molar-refractivity contribution in [1.82, 2.24) is 5.32 Å². The zero-order valence-electron chi connectivity index (χ0n) is 23.6. The third-order valence-electron chi connectivity index (χ3n) is 6.67. The summed E-state index contributed by atoms with van der Waals surface area (Å²) in [7, 11) is 0. The van der Waals surface area contributed by atoms with Crippen LogP contribution in [-0.2, 0) is 20.7 Å². The number of carbonyl (C=O) groups is 2. The molecule has 0 spiro atoms. The Morgan fingerprint density at radius 2 is 1.74 bits per heavy atom. The molecule has 2 aromatic carbocycles. The maximum atomic E-state index is 10.3. The molecule has 2 aliphatic heterocycles. The highest BCUT2D eigenvalue weighted by atomic mass is 35.5. The number of rotatable bonds is 8. The van der Waals surface area contributed by atoms with Crippen molar-refractivity contribution >= 4 is 23.5 Å². The second-order valence-corrected chi connectivity index (χ2v) is 10.4. The number of carboxylic acid groups (broad SMARTS) is 2. The molecular formula is C29H41ClN2O10. The van der Waals surface area contributed by atoms with Crippen molar-refractivity contribution in [3.05, 3.63) is 64.2 Å². The summed E-state index contributed by atoms with van der Waals surface area (Å²) in [6.07, 6.45) is -3.60. The summed E-state index contributed by atoms with van der Waals surface area (Å²) < 4.78 is 11.1. The number of aliphatic carboxylic acids is 2. The van der Waals surface area contributed by atoms with Crippen LogP contribution in [0.4, 0.5) is 0 Å². The molecule has 13 heteroatoms. The third kappa shape index (κ3) is 10.5. The summed E-state index contributed by atoms with van der Waals surface area (Å²) in [5, 5.41) is 59.3. The van der Waals surface area contributed by atoms with E-state index in [0.29, 0.717) is 23.6 Å². The van der Waals surface area contributed by atoms with Crippen LogP contribution in [0.5, 0.6) is 5.75 Å². The lowest BCUT2D eigenvalue weighted by atomic mass is 9.90. The number of hydrogen-bond acceptors (Lipinski definition) is 10. The molecule has 0 saturated carbocycles. The largest absolute Gasteiger partial charge is 0.494 e. The maximum absolute atomic E-state index is 10.3. The topological polar surface area (TPSA) is 212 Å². The second kappa shape index (κ2) is 17.3. The Bertz CT molecular complexity index is 1130. The molecule has 0 aromatic heterocycles. The number of hydrogen-bond donors (Lipinski definition) is 8. The lowest BCUT2D eigenvalue weighted by Crippen LogP contribution is -2.55. The number of ether oxygens (including phenoxy) is 2. The van der Waals surface area contributed by atoms with Crippen LogP contribution >= 0.6 is 11.6 Å². The minimum atomic E-state index is -1.42. The highest BCUT2D eigenvalue weighted by Crippen LogP contribution is 2.34. The molecule has 4 rings (SSSR count). The molecular weight excluding hydrogens is 572 g/mol. The first-order valence-corrected chi connectivity index (χ1v) is 14.0. The molecule has 7 atom stereocenters. The number of aliphatic hydroxyl groups is 4. The van der Waals surface area contributed by atoms with E-state index in [4.69, 9.17) is 37.0 Å². The monoisotopic (exact) mass is 612 g/mol. The molecule has 2 heterocycles. The van der Waals surface area contributed by atoms with Gasteiger partial charge in [-0.1, -0.05) is 35.9 Å². The van der Waals surface area contributed by atoms with Gasteiger partial charge in [0.15, 0.2) is 0 Å². The number of nitrogens with one attached hydrogen (secondary N) is 1. The lowest BCUT2D eigenvalue weighted by molar-refractivity contribution is -0.231. The summed E-state index contributed by atoms with van der Waals surface area (Å²) in [6.45, 7) is 4.35. The molecule has 0 amide bonds. The molecule has 0 unspecified atom stereocenters. The first-order chi connectivity index (χ1) is 19.9. The van der Waals surface area contributed by atoms with Crippen LogP contribution in [0.25, 0.3) is 0 Å². The van der Waals surface area contributed by atoms with E-state index in [1.807, 2.05) is 37.3 Å². The molecule has 9 N–H and O–H groups in total. The average Bonchev–Trinajstić information content (AvgIpc) is 3.51. The minimum Gasteiger partial charge on any atom is -0.494 e. The number of aliphatic hydroxyl groups excluding tert-OH is 4. The van der Waals surface area contributed by atoms with Crippen molar-refractivity contribution in [1.29, 1.82) is 0 Å². The highest BCUT2D eigenvalue weighted by molar-refractivity contribution is 6.31. The summed E-state index contributed by atoms with van der Waals surface area (Å²) in [4.78, 5) is 19.7. The predicted molar refractivity (Wildman–Crippen MR) is 155 cm³/mol. The Kier molecular flexibility index (Phi) is 14.6. The molecule has 0 aliphatic carbocycles. The van der Waals surface area contributed by atoms with E-state index in [1.54, 1.807) is 12.1 Å². The summed E-state index contributed by atoms with van der Waals surface area (Å²) in [5.41, 5.74) is 7.32. The Morgan fingerprint density at radius 1 is 1.10 bits per heavy atom. The Hall–Kier alpha value is -2.81. The van der Waals surface area contributed by atoms with Gasteiger partial charge >= 0.3 is 11.9 Å². The van der Waals surface area contributed by atoms with Gasteiger partial charge in [-0.3, -0.25) is 9.59 Å². The zero-order chi connectivity index (χ0) is 31.4. The van der Waals surface area contributed by atoms with Crippen LogP contribution in [0.1, 0.15) is 49.5 Å². The SMILES string of the molecule is CCOc1ccc(Cc2cc([C@@H]3O[C@H](CO)[C@@H](O)[C@H](O)[C@H]3O)ccc2Cl)cc1.C[C@H](N)C(=O)O.O=C(O)[C@@H]1CCCN1. The van der Waals surface area contributed by atoms with Crippen molar-refractivity contribution in [2.75, 3.05) is 19.8 Å². The van der Waals surface area contributed by atoms with E-state index >= 15 is 0 Å². The predicted octanol–water partition coefficient (Wildman–Crippen LogP) is 1.09. The fourth-order valence-electron chi connectivity index (χ4n) is 4.27. The Labute approximate surface area is 249 Å². The van der Waals surface area contributed by atoms with Gasteiger partial charge in [-0.25, -0.2) is 0 Å². The van der Waals surface area contributed by atoms with E-state index in [9.17, 15) is 30.0 Å². The summed E-state index contributed by atoms with van der Waals surface area (Å²) in [5.74, 6) is -0.884. The number of benzene rings is 2. The molecule has 2 aromatic rings. The van der Waals surface area contributed by atoms with E-state index in [2.05, 4.69) is 5.32 Å². The van der Waals surface area contributed by atoms with Gasteiger partial charge in [-0.05, 0) is 74.5 Å². The fourth-order valence-corrected chi connectivity index (χ4v) is 4.45. The zero-order valence-corrected chi connectivity index (χ0v) is 24.4. The van der Waals surface area contributed by atoms with Crippen LogP contribution in [-0.4, -0.2) is 98.8 Å². The van der Waals surface area contributed by atoms with Crippen LogP contribution in [0.15, 0.2) is 42.5 Å². The van der Waals surface area contributed by atoms with Crippen LogP contribution in [0.2, 0.25) is 5.02 Å². The quantitative estimate of drug-likeness (QED) is 0.210. The van der Waals surface area contributed by atoms with Crippen molar-refractivity contribution in [3.63, 3.8) is 0 Å². The number of nitrogens with two attached hydrogens (primary N) is 1. The maximum Gasteiger partial charge on any atom is 0.320 e. The molecule has 234 valence electrons. The first-order valence-electron chi connectivity index (χ1n) is 13.6. The summed E-state index contributed by atoms with van der Waals surface area (Å²) >= 11 is 6.35. The van der Waals surface area contributed by atoms with Gasteiger partial charge < -0.3 is 51.2 Å². The molecule has 12 nitrogen and oxygen atoms in total. The van der Waals surface area contributed by atoms with Crippen molar-refractivity contribution in [3.8, 4) is 5.75 Å². The Morgan fingerprint density at radius 3 is 2.21 bits per heavy atom. The number of carboxylic acids is 2. The molecule has 2 fully saturated rings. The van der Waals surface area contributed by atoms with Crippen molar-refractivity contribution < 1.29 is 49.7 Å². The molecule has 0 radical (unpaired) electrons. The van der Waals surface area contributed by atoms with E-state index < -0.39 is 55.1 Å². The molecule has 2 saturated heterocycles. The minimum absolute atomic E-state index is 0.269.